The smallest absolute Gasteiger partial charge is 0.328 e. The van der Waals surface area contributed by atoms with Crippen LogP contribution in [0.5, 0.6) is 0 Å². The van der Waals surface area contributed by atoms with Gasteiger partial charge in [0, 0.05) is 12.8 Å². The molecule has 0 fully saturated rings. The fourth-order valence-corrected chi connectivity index (χ4v) is 6.83. The van der Waals surface area contributed by atoms with Gasteiger partial charge in [-0.25, -0.2) is 4.79 Å². The van der Waals surface area contributed by atoms with Crippen LogP contribution in [0.3, 0.4) is 0 Å². The number of hydrogen-bond acceptors (Lipinski definition) is 6. The van der Waals surface area contributed by atoms with E-state index < -0.39 is 24.5 Å². The number of carboxylic acid groups (broad SMARTS) is 1. The molecule has 0 rings (SSSR count). The molecule has 0 saturated heterocycles. The van der Waals surface area contributed by atoms with E-state index in [0.29, 0.717) is 19.3 Å². The van der Waals surface area contributed by atoms with Crippen molar-refractivity contribution in [1.82, 2.24) is 10.6 Å². The Morgan fingerprint density at radius 2 is 0.929 bits per heavy atom. The molecular formula is C47H86N2O7. The molecular weight excluding hydrogens is 705 g/mol. The summed E-state index contributed by atoms with van der Waals surface area (Å²) in [5, 5.41) is 22.6. The maximum Gasteiger partial charge on any atom is 0.328 e. The summed E-state index contributed by atoms with van der Waals surface area (Å²) in [6.45, 7) is 3.48. The zero-order chi connectivity index (χ0) is 41.2. The quantitative estimate of drug-likeness (QED) is 0.0274. The van der Waals surface area contributed by atoms with Crippen molar-refractivity contribution in [3.8, 4) is 0 Å². The van der Waals surface area contributed by atoms with Gasteiger partial charge in [-0.05, 0) is 83.5 Å². The normalized spacial score (nSPS) is 12.6. The highest BCUT2D eigenvalue weighted by atomic mass is 16.5. The number of hydrogen-bond donors (Lipinski definition) is 4. The first-order chi connectivity index (χ1) is 27.3. The molecule has 9 heteroatoms. The van der Waals surface area contributed by atoms with Crippen molar-refractivity contribution in [3.63, 3.8) is 0 Å². The number of unbranched alkanes of at least 4 members (excludes halogenated alkanes) is 24. The fraction of sp³-hybridized carbons (Fsp3) is 0.830. The third-order valence-corrected chi connectivity index (χ3v) is 10.4. The van der Waals surface area contributed by atoms with E-state index in [1.807, 2.05) is 0 Å². The molecule has 2 amide bonds. The summed E-state index contributed by atoms with van der Waals surface area (Å²) in [6.07, 6.45) is 46.3. The Bertz CT molecular complexity index is 999. The van der Waals surface area contributed by atoms with Crippen LogP contribution in [0.4, 0.5) is 0 Å². The van der Waals surface area contributed by atoms with Crippen LogP contribution >= 0.6 is 0 Å². The summed E-state index contributed by atoms with van der Waals surface area (Å²) in [6, 6.07) is -1.38. The number of rotatable bonds is 42. The van der Waals surface area contributed by atoms with Crippen LogP contribution in [0.25, 0.3) is 0 Å². The predicted octanol–water partition coefficient (Wildman–Crippen LogP) is 11.6. The molecule has 326 valence electrons. The standard InChI is InChI=1S/C47H86N2O7/c1-3-5-7-9-11-13-15-17-18-20-22-24-26-31-35-39-46(53)56-42(36-32-28-25-23-21-19-16-14-12-10-8-6-4-2)37-33-29-27-30-34-38-44(51)48-40-45(52)49-43(41-50)47(54)55/h17-18,23,25,42-43,50H,3-16,19-22,24,26-41H2,1-2H3,(H,48,51)(H,49,52)(H,54,55)/b18-17-,25-23-. The summed E-state index contributed by atoms with van der Waals surface area (Å²) in [7, 11) is 0. The lowest BCUT2D eigenvalue weighted by Crippen LogP contribution is -2.47. The van der Waals surface area contributed by atoms with E-state index in [-0.39, 0.29) is 24.5 Å². The molecule has 0 aromatic heterocycles. The minimum absolute atomic E-state index is 0.0461. The highest BCUT2D eigenvalue weighted by Gasteiger charge is 2.19. The molecule has 0 bridgehead atoms. The van der Waals surface area contributed by atoms with Crippen molar-refractivity contribution >= 4 is 23.8 Å². The molecule has 0 saturated carbocycles. The number of esters is 1. The number of carboxylic acids is 1. The van der Waals surface area contributed by atoms with Crippen LogP contribution in [0.1, 0.15) is 226 Å². The summed E-state index contributed by atoms with van der Waals surface area (Å²) in [5.74, 6) is -2.31. The lowest BCUT2D eigenvalue weighted by Gasteiger charge is -2.18. The van der Waals surface area contributed by atoms with Crippen molar-refractivity contribution in [2.24, 2.45) is 0 Å². The number of ether oxygens (including phenoxy) is 1. The summed E-state index contributed by atoms with van der Waals surface area (Å²) in [5.41, 5.74) is 0. The minimum Gasteiger partial charge on any atom is -0.480 e. The van der Waals surface area contributed by atoms with Crippen LogP contribution < -0.4 is 10.6 Å². The van der Waals surface area contributed by atoms with Gasteiger partial charge < -0.3 is 25.6 Å². The number of nitrogens with one attached hydrogen (secondary N) is 2. The number of carbonyl (C=O) groups excluding carboxylic acids is 3. The summed E-state index contributed by atoms with van der Waals surface area (Å²) in [4.78, 5) is 47.6. The zero-order valence-electron chi connectivity index (χ0n) is 36.1. The highest BCUT2D eigenvalue weighted by Crippen LogP contribution is 2.18. The second-order valence-corrected chi connectivity index (χ2v) is 15.8. The van der Waals surface area contributed by atoms with Gasteiger partial charge in [-0.3, -0.25) is 14.4 Å². The fourth-order valence-electron chi connectivity index (χ4n) is 6.83. The number of aliphatic carboxylic acids is 1. The van der Waals surface area contributed by atoms with Gasteiger partial charge in [-0.2, -0.15) is 0 Å². The van der Waals surface area contributed by atoms with Gasteiger partial charge in [0.15, 0.2) is 0 Å². The van der Waals surface area contributed by atoms with E-state index >= 15 is 0 Å². The Balaban J connectivity index is 4.35. The molecule has 56 heavy (non-hydrogen) atoms. The number of aliphatic hydroxyl groups excluding tert-OH is 1. The van der Waals surface area contributed by atoms with Crippen LogP contribution in [-0.4, -0.2) is 59.3 Å². The monoisotopic (exact) mass is 791 g/mol. The maximum absolute atomic E-state index is 12.8. The van der Waals surface area contributed by atoms with Crippen molar-refractivity contribution in [3.05, 3.63) is 24.3 Å². The van der Waals surface area contributed by atoms with Crippen molar-refractivity contribution in [2.75, 3.05) is 13.2 Å². The maximum atomic E-state index is 12.8. The van der Waals surface area contributed by atoms with Crippen LogP contribution in [0, 0.1) is 0 Å². The van der Waals surface area contributed by atoms with E-state index in [0.717, 1.165) is 77.0 Å². The van der Waals surface area contributed by atoms with Crippen molar-refractivity contribution < 1.29 is 34.1 Å². The molecule has 0 aliphatic heterocycles. The van der Waals surface area contributed by atoms with Gasteiger partial charge in [0.25, 0.3) is 0 Å². The van der Waals surface area contributed by atoms with Gasteiger partial charge in [-0.15, -0.1) is 0 Å². The molecule has 0 aromatic carbocycles. The molecule has 0 radical (unpaired) electrons. The van der Waals surface area contributed by atoms with Gasteiger partial charge in [0.2, 0.25) is 11.8 Å². The molecule has 2 unspecified atom stereocenters. The molecule has 0 heterocycles. The largest absolute Gasteiger partial charge is 0.480 e. The first-order valence-electron chi connectivity index (χ1n) is 23.2. The Hall–Kier alpha value is -2.68. The number of carbonyl (C=O) groups is 4. The van der Waals surface area contributed by atoms with E-state index in [1.165, 1.54) is 116 Å². The van der Waals surface area contributed by atoms with E-state index in [1.54, 1.807) is 0 Å². The minimum atomic E-state index is -1.38. The summed E-state index contributed by atoms with van der Waals surface area (Å²) >= 11 is 0. The first kappa shape index (κ1) is 53.3. The van der Waals surface area contributed by atoms with E-state index in [2.05, 4.69) is 48.8 Å². The molecule has 0 aliphatic rings. The number of amides is 2. The molecule has 9 nitrogen and oxygen atoms in total. The lowest BCUT2D eigenvalue weighted by molar-refractivity contribution is -0.150. The van der Waals surface area contributed by atoms with Crippen LogP contribution in [0.15, 0.2) is 24.3 Å². The van der Waals surface area contributed by atoms with Gasteiger partial charge in [-0.1, -0.05) is 154 Å². The van der Waals surface area contributed by atoms with Crippen LogP contribution in [0.2, 0.25) is 0 Å². The van der Waals surface area contributed by atoms with E-state index in [9.17, 15) is 19.2 Å². The van der Waals surface area contributed by atoms with Crippen molar-refractivity contribution in [2.45, 2.75) is 238 Å². The number of allylic oxidation sites excluding steroid dienone is 4. The third kappa shape index (κ3) is 38.2. The molecule has 2 atom stereocenters. The second kappa shape index (κ2) is 41.9. The topological polar surface area (TPSA) is 142 Å². The zero-order valence-corrected chi connectivity index (χ0v) is 36.1. The Labute approximate surface area is 343 Å². The Morgan fingerprint density at radius 1 is 0.518 bits per heavy atom. The molecule has 0 aliphatic carbocycles. The lowest BCUT2D eigenvalue weighted by atomic mass is 10.0. The van der Waals surface area contributed by atoms with Gasteiger partial charge in [0.1, 0.15) is 12.1 Å². The first-order valence-corrected chi connectivity index (χ1v) is 23.2. The summed E-state index contributed by atoms with van der Waals surface area (Å²) < 4.78 is 6.02. The predicted molar refractivity (Wildman–Crippen MR) is 232 cm³/mol. The van der Waals surface area contributed by atoms with Gasteiger partial charge >= 0.3 is 11.9 Å². The average molecular weight is 791 g/mol. The van der Waals surface area contributed by atoms with E-state index in [4.69, 9.17) is 14.9 Å². The SMILES string of the molecule is CCCCCCCC/C=C\CCCCCCCC(=O)OC(CCC/C=C\CCCCCCCCCC)CCCCCCCC(=O)NCC(=O)NC(CO)C(=O)O. The highest BCUT2D eigenvalue weighted by molar-refractivity contribution is 5.87. The van der Waals surface area contributed by atoms with Crippen LogP contribution in [-0.2, 0) is 23.9 Å². The molecule has 0 aromatic rings. The Kier molecular flexibility index (Phi) is 39.9. The van der Waals surface area contributed by atoms with Crippen molar-refractivity contribution in [1.29, 1.82) is 0 Å². The molecule has 4 N–H and O–H groups in total. The second-order valence-electron chi connectivity index (χ2n) is 15.8. The molecule has 0 spiro atoms. The van der Waals surface area contributed by atoms with Gasteiger partial charge in [0.05, 0.1) is 13.2 Å². The Morgan fingerprint density at radius 3 is 1.41 bits per heavy atom. The number of aliphatic hydroxyl groups is 1. The average Bonchev–Trinajstić information content (AvgIpc) is 3.18. The third-order valence-electron chi connectivity index (χ3n) is 10.4.